The van der Waals surface area contributed by atoms with Crippen molar-refractivity contribution in [3.63, 3.8) is 0 Å². The van der Waals surface area contributed by atoms with Crippen molar-refractivity contribution in [3.05, 3.63) is 75.8 Å². The van der Waals surface area contributed by atoms with Crippen LogP contribution in [0.25, 0.3) is 16.7 Å². The highest BCUT2D eigenvalue weighted by Gasteiger charge is 2.15. The van der Waals surface area contributed by atoms with Gasteiger partial charge < -0.3 is 0 Å². The minimum Gasteiger partial charge on any atom is -0.295 e. The smallest absolute Gasteiger partial charge is 0.262 e. The van der Waals surface area contributed by atoms with Gasteiger partial charge in [-0.3, -0.25) is 18.7 Å². The maximum atomic E-state index is 12.5. The molecule has 0 bridgehead atoms. The monoisotopic (exact) mass is 358 g/mol. The summed E-state index contributed by atoms with van der Waals surface area (Å²) in [6.45, 7) is 1.23. The van der Waals surface area contributed by atoms with Gasteiger partial charge in [-0.15, -0.1) is 10.2 Å². The molecule has 2 aromatic carbocycles. The normalized spacial score (nSPS) is 11.3. The van der Waals surface area contributed by atoms with E-state index in [9.17, 15) is 4.79 Å². The quantitative estimate of drug-likeness (QED) is 0.558. The van der Waals surface area contributed by atoms with Crippen molar-refractivity contribution in [2.45, 2.75) is 13.1 Å². The van der Waals surface area contributed by atoms with Gasteiger partial charge in [-0.25, -0.2) is 0 Å². The third-order valence-electron chi connectivity index (χ3n) is 4.61. The van der Waals surface area contributed by atoms with Crippen LogP contribution < -0.4 is 5.56 Å². The van der Waals surface area contributed by atoms with E-state index in [1.165, 1.54) is 4.57 Å². The maximum absolute atomic E-state index is 12.5. The number of nitrogens with zero attached hydrogens (tertiary/aromatic N) is 6. The summed E-state index contributed by atoms with van der Waals surface area (Å²) >= 11 is 0. The third kappa shape index (κ3) is 2.96. The molecule has 0 amide bonds. The van der Waals surface area contributed by atoms with Gasteiger partial charge in [-0.05, 0) is 36.9 Å². The van der Waals surface area contributed by atoms with E-state index in [4.69, 9.17) is 5.26 Å². The maximum Gasteiger partial charge on any atom is 0.262 e. The predicted octanol–water partition coefficient (Wildman–Crippen LogP) is 2.08. The molecule has 0 aliphatic rings. The Bertz CT molecular complexity index is 1250. The zero-order valence-corrected chi connectivity index (χ0v) is 15.1. The minimum absolute atomic E-state index is 0.0845. The van der Waals surface area contributed by atoms with Crippen molar-refractivity contribution in [1.29, 1.82) is 5.26 Å². The molecule has 4 rings (SSSR count). The van der Waals surface area contributed by atoms with Gasteiger partial charge in [0.15, 0.2) is 5.82 Å². The van der Waals surface area contributed by atoms with Crippen LogP contribution in [0.3, 0.4) is 0 Å². The van der Waals surface area contributed by atoms with Crippen molar-refractivity contribution in [2.24, 2.45) is 7.05 Å². The summed E-state index contributed by atoms with van der Waals surface area (Å²) < 4.78 is 3.45. The molecule has 0 unspecified atom stereocenters. The fraction of sp³-hybridized carbons (Fsp3) is 0.200. The van der Waals surface area contributed by atoms with Crippen LogP contribution in [0.1, 0.15) is 17.0 Å². The van der Waals surface area contributed by atoms with Gasteiger partial charge in [0.1, 0.15) is 0 Å². The largest absolute Gasteiger partial charge is 0.295 e. The molecule has 0 atom stereocenters. The summed E-state index contributed by atoms with van der Waals surface area (Å²) in [4.78, 5) is 14.6. The van der Waals surface area contributed by atoms with Gasteiger partial charge in [0.2, 0.25) is 5.78 Å². The second kappa shape index (κ2) is 6.67. The Morgan fingerprint density at radius 2 is 1.93 bits per heavy atom. The molecule has 0 aliphatic heterocycles. The molecular weight excluding hydrogens is 340 g/mol. The van der Waals surface area contributed by atoms with Crippen LogP contribution >= 0.6 is 0 Å². The molecule has 134 valence electrons. The van der Waals surface area contributed by atoms with E-state index in [1.807, 2.05) is 53.9 Å². The number of para-hydroxylation sites is 1. The fourth-order valence-corrected chi connectivity index (χ4v) is 3.34. The first-order valence-electron chi connectivity index (χ1n) is 8.58. The highest BCUT2D eigenvalue weighted by molar-refractivity contribution is 5.80. The molecule has 7 nitrogen and oxygen atoms in total. The Hall–Kier alpha value is -3.50. The molecular formula is C20H18N6O. The Labute approximate surface area is 155 Å². The van der Waals surface area contributed by atoms with Crippen molar-refractivity contribution in [3.8, 4) is 6.07 Å². The average Bonchev–Trinajstić information content (AvgIpc) is 3.10. The van der Waals surface area contributed by atoms with Crippen LogP contribution in [-0.2, 0) is 20.1 Å². The summed E-state index contributed by atoms with van der Waals surface area (Å²) in [7, 11) is 3.70. The van der Waals surface area contributed by atoms with E-state index in [2.05, 4.69) is 21.2 Å². The van der Waals surface area contributed by atoms with E-state index in [0.717, 1.165) is 16.9 Å². The van der Waals surface area contributed by atoms with Gasteiger partial charge >= 0.3 is 0 Å². The first-order valence-corrected chi connectivity index (χ1v) is 8.58. The van der Waals surface area contributed by atoms with Crippen LogP contribution in [0, 0.1) is 11.3 Å². The second-order valence-electron chi connectivity index (χ2n) is 6.62. The molecule has 0 aliphatic carbocycles. The molecule has 0 saturated heterocycles. The molecule has 0 N–H and O–H groups in total. The van der Waals surface area contributed by atoms with Crippen molar-refractivity contribution >= 4 is 16.7 Å². The molecule has 27 heavy (non-hydrogen) atoms. The third-order valence-corrected chi connectivity index (χ3v) is 4.61. The summed E-state index contributed by atoms with van der Waals surface area (Å²) in [5.41, 5.74) is 2.42. The Kier molecular flexibility index (Phi) is 4.18. The van der Waals surface area contributed by atoms with Crippen LogP contribution in [0.2, 0.25) is 0 Å². The van der Waals surface area contributed by atoms with Crippen LogP contribution in [-0.4, -0.2) is 31.1 Å². The molecule has 4 aromatic rings. The highest BCUT2D eigenvalue weighted by Crippen LogP contribution is 2.15. The van der Waals surface area contributed by atoms with Crippen molar-refractivity contribution in [2.75, 3.05) is 7.05 Å². The first kappa shape index (κ1) is 16.9. The minimum atomic E-state index is -0.0845. The zero-order valence-electron chi connectivity index (χ0n) is 15.1. The summed E-state index contributed by atoms with van der Waals surface area (Å²) in [5, 5.41) is 18.2. The van der Waals surface area contributed by atoms with E-state index in [0.29, 0.717) is 29.8 Å². The van der Waals surface area contributed by atoms with Crippen molar-refractivity contribution < 1.29 is 0 Å². The molecule has 0 radical (unpaired) electrons. The van der Waals surface area contributed by atoms with E-state index < -0.39 is 0 Å². The van der Waals surface area contributed by atoms with Gasteiger partial charge in [0, 0.05) is 13.6 Å². The number of benzene rings is 2. The van der Waals surface area contributed by atoms with Crippen LogP contribution in [0.5, 0.6) is 0 Å². The zero-order chi connectivity index (χ0) is 19.0. The topological polar surface area (TPSA) is 79.2 Å². The summed E-state index contributed by atoms with van der Waals surface area (Å²) in [6, 6.07) is 17.2. The van der Waals surface area contributed by atoms with Gasteiger partial charge in [0.25, 0.3) is 5.56 Å². The number of fused-ring (bicyclic) bond motifs is 3. The Balaban J connectivity index is 1.72. The fourth-order valence-electron chi connectivity index (χ4n) is 3.34. The highest BCUT2D eigenvalue weighted by atomic mass is 16.1. The standard InChI is InChI=1S/C20H18N6O/c1-24(12-15-7-5-6-14(10-15)11-21)13-18-22-23-20-25(2)19(27)16-8-3-4-9-17(16)26(18)20/h3-10H,12-13H2,1-2H3. The van der Waals surface area contributed by atoms with Gasteiger partial charge in [-0.2, -0.15) is 5.26 Å². The number of nitriles is 1. The lowest BCUT2D eigenvalue weighted by atomic mass is 10.1. The lowest BCUT2D eigenvalue weighted by Crippen LogP contribution is -2.22. The Morgan fingerprint density at radius 3 is 2.74 bits per heavy atom. The number of hydrogen-bond donors (Lipinski definition) is 0. The average molecular weight is 358 g/mol. The van der Waals surface area contributed by atoms with Crippen LogP contribution in [0.4, 0.5) is 0 Å². The van der Waals surface area contributed by atoms with Gasteiger partial charge in [0.05, 0.1) is 29.1 Å². The first-order chi connectivity index (χ1) is 13.1. The lowest BCUT2D eigenvalue weighted by molar-refractivity contribution is 0.310. The molecule has 2 heterocycles. The SMILES string of the molecule is CN(Cc1cccc(C#N)c1)Cc1nnc2n(C)c(=O)c3ccccc3n12. The number of aryl methyl sites for hydroxylation is 1. The number of rotatable bonds is 4. The summed E-state index contributed by atoms with van der Waals surface area (Å²) in [5.74, 6) is 1.28. The lowest BCUT2D eigenvalue weighted by Gasteiger charge is -2.16. The van der Waals surface area contributed by atoms with E-state index in [1.54, 1.807) is 13.1 Å². The molecule has 7 heteroatoms. The molecule has 2 aromatic heterocycles. The van der Waals surface area contributed by atoms with E-state index >= 15 is 0 Å². The molecule has 0 saturated carbocycles. The predicted molar refractivity (Wildman–Crippen MR) is 102 cm³/mol. The Morgan fingerprint density at radius 1 is 1.11 bits per heavy atom. The molecule has 0 spiro atoms. The van der Waals surface area contributed by atoms with Gasteiger partial charge in [-0.1, -0.05) is 24.3 Å². The van der Waals surface area contributed by atoms with Crippen LogP contribution in [0.15, 0.2) is 53.3 Å². The van der Waals surface area contributed by atoms with Crippen molar-refractivity contribution in [1.82, 2.24) is 24.1 Å². The second-order valence-corrected chi connectivity index (χ2v) is 6.62. The number of aromatic nitrogens is 4. The van der Waals surface area contributed by atoms with E-state index in [-0.39, 0.29) is 5.56 Å². The molecule has 0 fully saturated rings. The summed E-state index contributed by atoms with van der Waals surface area (Å²) in [6.07, 6.45) is 0. The number of hydrogen-bond acceptors (Lipinski definition) is 5.